The van der Waals surface area contributed by atoms with Gasteiger partial charge in [0.15, 0.2) is 0 Å². The van der Waals surface area contributed by atoms with Crippen molar-refractivity contribution in [3.63, 3.8) is 0 Å². The summed E-state index contributed by atoms with van der Waals surface area (Å²) in [5.41, 5.74) is 6.05. The maximum atomic E-state index is 6.31. The molecule has 174 valence electrons. The maximum absolute atomic E-state index is 6.31. The Morgan fingerprint density at radius 2 is 1.25 bits per heavy atom. The van der Waals surface area contributed by atoms with Crippen molar-refractivity contribution in [3.8, 4) is 16.8 Å². The van der Waals surface area contributed by atoms with Crippen LogP contribution in [0, 0.1) is 0 Å². The molecule has 0 fully saturated rings. The van der Waals surface area contributed by atoms with E-state index in [1.165, 1.54) is 58.8 Å². The Labute approximate surface area is 219 Å². The lowest BCUT2D eigenvalue weighted by molar-refractivity contribution is 1.18. The Morgan fingerprint density at radius 3 is 2.06 bits per heavy atom. The molecule has 1 nitrogen and oxygen atoms in total. The van der Waals surface area contributed by atoms with Crippen LogP contribution in [0.1, 0.15) is 6.92 Å². The molecule has 7 rings (SSSR count). The molecule has 0 aliphatic rings. The zero-order chi connectivity index (χ0) is 24.6. The third kappa shape index (κ3) is 3.80. The molecule has 0 unspecified atom stereocenters. The molecule has 3 heteroatoms. The lowest BCUT2D eigenvalue weighted by atomic mass is 10.0. The smallest absolute Gasteiger partial charge is 0.0547 e. The summed E-state index contributed by atoms with van der Waals surface area (Å²) in [6.45, 7) is 5.25. The van der Waals surface area contributed by atoms with Gasteiger partial charge in [-0.2, -0.15) is 0 Å². The fourth-order valence-corrected chi connectivity index (χ4v) is 6.17. The monoisotopic (exact) mass is 501 g/mol. The number of allylic oxidation sites excluding steroid dienone is 1. The lowest BCUT2D eigenvalue weighted by Gasteiger charge is -2.09. The van der Waals surface area contributed by atoms with Crippen LogP contribution in [0.25, 0.3) is 58.8 Å². The molecule has 0 saturated heterocycles. The van der Waals surface area contributed by atoms with Crippen molar-refractivity contribution >= 4 is 64.9 Å². The second kappa shape index (κ2) is 9.31. The Kier molecular flexibility index (Phi) is 5.85. The average molecular weight is 502 g/mol. The minimum atomic E-state index is 0.779. The van der Waals surface area contributed by atoms with Crippen LogP contribution in [0.5, 0.6) is 0 Å². The first-order valence-electron chi connectivity index (χ1n) is 12.0. The van der Waals surface area contributed by atoms with Crippen molar-refractivity contribution in [2.24, 2.45) is 0 Å². The highest BCUT2D eigenvalue weighted by atomic mass is 35.5. The molecule has 0 aliphatic heterocycles. The van der Waals surface area contributed by atoms with E-state index in [1.54, 1.807) is 6.08 Å². The van der Waals surface area contributed by atoms with Crippen LogP contribution < -0.4 is 0 Å². The second-order valence-electron chi connectivity index (χ2n) is 8.78. The first-order valence-corrected chi connectivity index (χ1v) is 13.2. The number of fused-ring (bicyclic) bond motifs is 6. The third-order valence-electron chi connectivity index (χ3n) is 6.45. The van der Waals surface area contributed by atoms with Crippen LogP contribution in [0.3, 0.4) is 0 Å². The molecule has 7 aromatic rings. The molecular formula is C33H24ClNS. The van der Waals surface area contributed by atoms with E-state index in [9.17, 15) is 0 Å². The summed E-state index contributed by atoms with van der Waals surface area (Å²) in [7, 11) is 0. The van der Waals surface area contributed by atoms with Gasteiger partial charge in [0.2, 0.25) is 0 Å². The normalized spacial score (nSPS) is 11.2. The van der Waals surface area contributed by atoms with Gasteiger partial charge in [-0.25, -0.2) is 0 Å². The molecule has 0 saturated carbocycles. The van der Waals surface area contributed by atoms with Crippen LogP contribution in [0.4, 0.5) is 0 Å². The van der Waals surface area contributed by atoms with Gasteiger partial charge < -0.3 is 4.57 Å². The maximum Gasteiger partial charge on any atom is 0.0547 e. The van der Waals surface area contributed by atoms with Gasteiger partial charge in [-0.1, -0.05) is 72.3 Å². The molecule has 0 bridgehead atoms. The van der Waals surface area contributed by atoms with E-state index in [0.717, 1.165) is 5.02 Å². The standard InChI is InChI=1S/C30H18ClNS.C3H6/c31-21-12-15-30-26(18-21)25-16-19(11-14-29(25)33-30)20-10-13-24-23-8-4-5-9-27(23)32(28(24)17-20)22-6-2-1-3-7-22;1-3-2/h1-18H;3H,1H2,2H3. The van der Waals surface area contributed by atoms with Gasteiger partial charge in [0.25, 0.3) is 0 Å². The first kappa shape index (κ1) is 22.6. The van der Waals surface area contributed by atoms with Crippen molar-refractivity contribution in [1.82, 2.24) is 4.57 Å². The molecule has 0 atom stereocenters. The lowest BCUT2D eigenvalue weighted by Crippen LogP contribution is -1.93. The average Bonchev–Trinajstić information content (AvgIpc) is 3.44. The first-order chi connectivity index (χ1) is 17.7. The second-order valence-corrected chi connectivity index (χ2v) is 10.3. The number of halogens is 1. The number of benzene rings is 5. The minimum absolute atomic E-state index is 0.779. The fourth-order valence-electron chi connectivity index (χ4n) is 4.93. The SMILES string of the molecule is C=CC.Clc1ccc2sc3ccc(-c4ccc5c6ccccc6n(-c6ccccc6)c5c4)cc3c2c1. The van der Waals surface area contributed by atoms with Crippen LogP contribution in [0.15, 0.2) is 122 Å². The van der Waals surface area contributed by atoms with Crippen LogP contribution >= 0.6 is 22.9 Å². The van der Waals surface area contributed by atoms with Gasteiger partial charge in [0.1, 0.15) is 0 Å². The Balaban J connectivity index is 0.000000765. The summed E-state index contributed by atoms with van der Waals surface area (Å²) in [5, 5.41) is 5.81. The molecule has 2 aromatic heterocycles. The Bertz CT molecular complexity index is 1880. The van der Waals surface area contributed by atoms with Crippen molar-refractivity contribution in [2.75, 3.05) is 0 Å². The van der Waals surface area contributed by atoms with E-state index in [1.807, 2.05) is 24.3 Å². The van der Waals surface area contributed by atoms with Crippen molar-refractivity contribution in [2.45, 2.75) is 6.92 Å². The minimum Gasteiger partial charge on any atom is -0.309 e. The summed E-state index contributed by atoms with van der Waals surface area (Å²) in [6, 6.07) is 39.0. The van der Waals surface area contributed by atoms with Crippen molar-refractivity contribution < 1.29 is 0 Å². The van der Waals surface area contributed by atoms with Crippen LogP contribution in [0.2, 0.25) is 5.02 Å². The highest BCUT2D eigenvalue weighted by Gasteiger charge is 2.14. The molecule has 0 spiro atoms. The number of rotatable bonds is 2. The van der Waals surface area contributed by atoms with E-state index >= 15 is 0 Å². The van der Waals surface area contributed by atoms with Gasteiger partial charge in [-0.15, -0.1) is 17.9 Å². The third-order valence-corrected chi connectivity index (χ3v) is 7.84. The Morgan fingerprint density at radius 1 is 0.639 bits per heavy atom. The zero-order valence-corrected chi connectivity index (χ0v) is 21.5. The van der Waals surface area contributed by atoms with Gasteiger partial charge in [0.05, 0.1) is 11.0 Å². The van der Waals surface area contributed by atoms with Gasteiger partial charge in [-0.3, -0.25) is 0 Å². The number of aromatic nitrogens is 1. The van der Waals surface area contributed by atoms with Crippen molar-refractivity contribution in [3.05, 3.63) is 127 Å². The fraction of sp³-hybridized carbons (Fsp3) is 0.0303. The van der Waals surface area contributed by atoms with Crippen molar-refractivity contribution in [1.29, 1.82) is 0 Å². The highest BCUT2D eigenvalue weighted by Crippen LogP contribution is 2.39. The van der Waals surface area contributed by atoms with E-state index in [4.69, 9.17) is 11.6 Å². The van der Waals surface area contributed by atoms with E-state index in [0.29, 0.717) is 0 Å². The van der Waals surface area contributed by atoms with Gasteiger partial charge in [0, 0.05) is 41.7 Å². The van der Waals surface area contributed by atoms with Gasteiger partial charge in [-0.05, 0) is 72.6 Å². The molecule has 36 heavy (non-hydrogen) atoms. The number of hydrogen-bond acceptors (Lipinski definition) is 1. The molecule has 5 aromatic carbocycles. The number of para-hydroxylation sites is 2. The topological polar surface area (TPSA) is 4.93 Å². The summed E-state index contributed by atoms with van der Waals surface area (Å²) in [5.74, 6) is 0. The predicted octanol–water partition coefficient (Wildman–Crippen LogP) is 10.7. The molecule has 0 aliphatic carbocycles. The summed E-state index contributed by atoms with van der Waals surface area (Å²) >= 11 is 8.13. The quantitative estimate of drug-likeness (QED) is 0.207. The number of nitrogens with zero attached hydrogens (tertiary/aromatic N) is 1. The number of hydrogen-bond donors (Lipinski definition) is 0. The van der Waals surface area contributed by atoms with Gasteiger partial charge >= 0.3 is 0 Å². The van der Waals surface area contributed by atoms with E-state index in [2.05, 4.69) is 114 Å². The molecule has 0 N–H and O–H groups in total. The van der Waals surface area contributed by atoms with E-state index in [-0.39, 0.29) is 0 Å². The summed E-state index contributed by atoms with van der Waals surface area (Å²) in [4.78, 5) is 0. The summed E-state index contributed by atoms with van der Waals surface area (Å²) in [6.07, 6.45) is 1.75. The molecular weight excluding hydrogens is 478 g/mol. The van der Waals surface area contributed by atoms with E-state index < -0.39 is 0 Å². The highest BCUT2D eigenvalue weighted by molar-refractivity contribution is 7.25. The molecule has 2 heterocycles. The zero-order valence-electron chi connectivity index (χ0n) is 19.9. The molecule has 0 amide bonds. The largest absolute Gasteiger partial charge is 0.309 e. The predicted molar refractivity (Wildman–Crippen MR) is 160 cm³/mol. The molecule has 0 radical (unpaired) electrons. The van der Waals surface area contributed by atoms with Crippen LogP contribution in [-0.4, -0.2) is 4.57 Å². The Hall–Kier alpha value is -3.85. The van der Waals surface area contributed by atoms with Crippen LogP contribution in [-0.2, 0) is 0 Å². The number of thiophene rings is 1. The summed E-state index contributed by atoms with van der Waals surface area (Å²) < 4.78 is 4.92.